The summed E-state index contributed by atoms with van der Waals surface area (Å²) in [5.74, 6) is 2.45. The summed E-state index contributed by atoms with van der Waals surface area (Å²) in [7, 11) is 0. The van der Waals surface area contributed by atoms with Crippen LogP contribution in [0.2, 0.25) is 0 Å². The molecule has 6 aromatic carbocycles. The predicted octanol–water partition coefficient (Wildman–Crippen LogP) is 11.7. The van der Waals surface area contributed by atoms with Gasteiger partial charge in [0.2, 0.25) is 0 Å². The molecule has 9 aromatic rings. The van der Waals surface area contributed by atoms with Crippen LogP contribution in [0.15, 0.2) is 158 Å². The molecule has 6 nitrogen and oxygen atoms in total. The molecule has 0 N–H and O–H groups in total. The fourth-order valence-electron chi connectivity index (χ4n) is 9.96. The zero-order valence-electron chi connectivity index (χ0n) is 32.2. The minimum absolute atomic E-state index is 0.107. The van der Waals surface area contributed by atoms with Gasteiger partial charge in [0.25, 0.3) is 0 Å². The molecule has 0 aliphatic carbocycles. The van der Waals surface area contributed by atoms with Crippen molar-refractivity contribution in [3.05, 3.63) is 169 Å². The van der Waals surface area contributed by atoms with Crippen LogP contribution in [0.3, 0.4) is 0 Å². The van der Waals surface area contributed by atoms with Crippen molar-refractivity contribution >= 4 is 62.6 Å². The molecule has 272 valence electrons. The summed E-state index contributed by atoms with van der Waals surface area (Å²) in [6.45, 7) is 9.41. The van der Waals surface area contributed by atoms with Gasteiger partial charge in [0, 0.05) is 56.4 Å². The fraction of sp³-hybridized carbons (Fsp3) is 0.120. The average Bonchev–Trinajstić information content (AvgIpc) is 3.83. The van der Waals surface area contributed by atoms with E-state index < -0.39 is 0 Å². The van der Waals surface area contributed by atoms with Gasteiger partial charge in [0.15, 0.2) is 0 Å². The molecule has 0 atom stereocenters. The molecule has 0 fully saturated rings. The first-order valence-corrected chi connectivity index (χ1v) is 19.8. The van der Waals surface area contributed by atoms with Crippen molar-refractivity contribution < 1.29 is 4.74 Å². The van der Waals surface area contributed by atoms with E-state index >= 15 is 0 Å². The smallest absolute Gasteiger partial charge is 0.422 e. The van der Waals surface area contributed by atoms with Gasteiger partial charge in [-0.1, -0.05) is 119 Å². The van der Waals surface area contributed by atoms with E-state index in [-0.39, 0.29) is 17.8 Å². The zero-order valence-corrected chi connectivity index (χ0v) is 32.2. The zero-order chi connectivity index (χ0) is 38.2. The molecular formula is C50H38BN5O. The van der Waals surface area contributed by atoms with Crippen molar-refractivity contribution in [3.8, 4) is 33.9 Å². The molecule has 0 saturated carbocycles. The Hall–Kier alpha value is -6.86. The highest BCUT2D eigenvalue weighted by Gasteiger charge is 2.50. The van der Waals surface area contributed by atoms with E-state index in [4.69, 9.17) is 14.7 Å². The van der Waals surface area contributed by atoms with Gasteiger partial charge in [-0.05, 0) is 76.6 Å². The molecule has 7 heteroatoms. The Morgan fingerprint density at radius 2 is 1.33 bits per heavy atom. The van der Waals surface area contributed by atoms with Gasteiger partial charge in [-0.3, -0.25) is 4.40 Å². The molecule has 3 aliphatic heterocycles. The second kappa shape index (κ2) is 11.4. The Morgan fingerprint density at radius 1 is 0.579 bits per heavy atom. The van der Waals surface area contributed by atoms with Crippen molar-refractivity contribution in [1.29, 1.82) is 0 Å². The summed E-state index contributed by atoms with van der Waals surface area (Å²) in [6, 6.07) is 54.0. The summed E-state index contributed by atoms with van der Waals surface area (Å²) in [5.41, 5.74) is 13.5. The number of hydrogen-bond acceptors (Lipinski definition) is 5. The molecule has 0 spiro atoms. The SMILES string of the molecule is CC1(C)c2cccc3c4ccc(Oc5ccc6c(c5)N5B(c7ccccc7-6)N(c6ccccc6)c6cccnc65)cc4c4nc(-c5ccccc5)c(n4c23)C1(C)C. The Balaban J connectivity index is 1.04. The van der Waals surface area contributed by atoms with Gasteiger partial charge >= 0.3 is 6.98 Å². The number of aromatic nitrogens is 3. The predicted molar refractivity (Wildman–Crippen MR) is 234 cm³/mol. The van der Waals surface area contributed by atoms with Crippen molar-refractivity contribution in [1.82, 2.24) is 14.4 Å². The van der Waals surface area contributed by atoms with Crippen LogP contribution in [0.4, 0.5) is 22.9 Å². The third-order valence-corrected chi connectivity index (χ3v) is 13.3. The van der Waals surface area contributed by atoms with Gasteiger partial charge in [-0.25, -0.2) is 9.97 Å². The molecule has 6 heterocycles. The minimum Gasteiger partial charge on any atom is -0.457 e. The van der Waals surface area contributed by atoms with Crippen LogP contribution in [0, 0.1) is 0 Å². The van der Waals surface area contributed by atoms with Crippen molar-refractivity contribution in [3.63, 3.8) is 0 Å². The molecule has 0 saturated heterocycles. The molecular weight excluding hydrogens is 697 g/mol. The Morgan fingerprint density at radius 3 is 2.18 bits per heavy atom. The summed E-state index contributed by atoms with van der Waals surface area (Å²) in [5, 5.41) is 3.47. The number of nitrogens with zero attached hydrogens (tertiary/aromatic N) is 5. The van der Waals surface area contributed by atoms with Gasteiger partial charge in [-0.2, -0.15) is 0 Å². The number of fused-ring (bicyclic) bond motifs is 11. The van der Waals surface area contributed by atoms with E-state index in [0.717, 1.165) is 62.2 Å². The summed E-state index contributed by atoms with van der Waals surface area (Å²) in [6.07, 6.45) is 1.89. The molecule has 3 aliphatic rings. The highest BCUT2D eigenvalue weighted by molar-refractivity contribution is 6.86. The molecule has 0 unspecified atom stereocenters. The van der Waals surface area contributed by atoms with Crippen LogP contribution < -0.4 is 19.8 Å². The van der Waals surface area contributed by atoms with Gasteiger partial charge in [0.05, 0.1) is 22.6 Å². The van der Waals surface area contributed by atoms with Gasteiger partial charge in [0.1, 0.15) is 23.0 Å². The third-order valence-electron chi connectivity index (χ3n) is 13.3. The van der Waals surface area contributed by atoms with Crippen LogP contribution >= 0.6 is 0 Å². The number of anilines is 4. The van der Waals surface area contributed by atoms with E-state index in [1.54, 1.807) is 0 Å². The Kier molecular flexibility index (Phi) is 6.46. The standard InChI is InChI=1S/C50H38BN5O/c1-49(2)40-21-13-20-38-35-26-24-33(29-39(35)47-53-44(31-15-7-5-8-16-31)46(50(49,3)4)54(47)45(38)40)57-34-25-27-37-36-19-11-12-22-41(36)51-55(32-17-9-6-10-18-32)42-23-14-28-52-48(42)56(51)43(37)30-34/h5-30H,1-4H3. The summed E-state index contributed by atoms with van der Waals surface area (Å²) in [4.78, 5) is 15.3. The maximum Gasteiger partial charge on any atom is 0.422 e. The highest BCUT2D eigenvalue weighted by atomic mass is 16.5. The molecule has 0 radical (unpaired) electrons. The monoisotopic (exact) mass is 735 g/mol. The lowest BCUT2D eigenvalue weighted by Crippen LogP contribution is -2.55. The quantitative estimate of drug-likeness (QED) is 0.133. The molecule has 0 amide bonds. The second-order valence-corrected chi connectivity index (χ2v) is 16.7. The van der Waals surface area contributed by atoms with E-state index in [1.807, 2.05) is 12.3 Å². The van der Waals surface area contributed by atoms with Crippen LogP contribution in [0.5, 0.6) is 11.5 Å². The first kappa shape index (κ1) is 32.4. The lowest BCUT2D eigenvalue weighted by atomic mass is 9.59. The Bertz CT molecular complexity index is 3140. The number of para-hydroxylation sites is 2. The number of ether oxygens (including phenoxy) is 1. The molecule has 3 aromatic heterocycles. The number of rotatable bonds is 4. The second-order valence-electron chi connectivity index (χ2n) is 16.7. The first-order chi connectivity index (χ1) is 27.8. The van der Waals surface area contributed by atoms with E-state index in [2.05, 4.69) is 187 Å². The van der Waals surface area contributed by atoms with Crippen LogP contribution in [0.1, 0.15) is 39.0 Å². The maximum atomic E-state index is 6.89. The highest BCUT2D eigenvalue weighted by Crippen LogP contribution is 2.54. The molecule has 0 bridgehead atoms. The van der Waals surface area contributed by atoms with Crippen LogP contribution in [-0.2, 0) is 10.8 Å². The Labute approximate surface area is 331 Å². The number of imidazole rings is 1. The lowest BCUT2D eigenvalue weighted by molar-refractivity contribution is 0.289. The lowest BCUT2D eigenvalue weighted by Gasteiger charge is -2.46. The summed E-state index contributed by atoms with van der Waals surface area (Å²) < 4.78 is 9.34. The number of hydrogen-bond donors (Lipinski definition) is 0. The van der Waals surface area contributed by atoms with Gasteiger partial charge in [-0.15, -0.1) is 0 Å². The number of pyridine rings is 2. The topological polar surface area (TPSA) is 45.9 Å². The third kappa shape index (κ3) is 4.26. The first-order valence-electron chi connectivity index (χ1n) is 19.8. The van der Waals surface area contributed by atoms with Crippen LogP contribution in [0.25, 0.3) is 49.7 Å². The minimum atomic E-state index is -0.209. The summed E-state index contributed by atoms with van der Waals surface area (Å²) >= 11 is 0. The number of benzene rings is 6. The average molecular weight is 736 g/mol. The largest absolute Gasteiger partial charge is 0.457 e. The van der Waals surface area contributed by atoms with E-state index in [1.165, 1.54) is 38.6 Å². The molecule has 12 rings (SSSR count). The van der Waals surface area contributed by atoms with E-state index in [0.29, 0.717) is 0 Å². The molecule has 57 heavy (non-hydrogen) atoms. The fourth-order valence-corrected chi connectivity index (χ4v) is 9.96. The van der Waals surface area contributed by atoms with Crippen molar-refractivity contribution in [2.45, 2.75) is 38.5 Å². The van der Waals surface area contributed by atoms with Crippen molar-refractivity contribution in [2.75, 3.05) is 9.62 Å². The maximum absolute atomic E-state index is 6.89. The van der Waals surface area contributed by atoms with Crippen molar-refractivity contribution in [2.24, 2.45) is 0 Å². The van der Waals surface area contributed by atoms with Gasteiger partial charge < -0.3 is 14.4 Å². The van der Waals surface area contributed by atoms with E-state index in [9.17, 15) is 0 Å². The normalized spacial score (nSPS) is 15.5. The van der Waals surface area contributed by atoms with Crippen LogP contribution in [-0.4, -0.2) is 21.4 Å².